The Morgan fingerprint density at radius 3 is 1.97 bits per heavy atom. The zero-order valence-corrected chi connectivity index (χ0v) is 20.3. The smallest absolute Gasteiger partial charge is 0.416 e. The van der Waals surface area contributed by atoms with Crippen molar-refractivity contribution in [1.82, 2.24) is 0 Å². The normalized spacial score (nSPS) is 16.7. The highest BCUT2D eigenvalue weighted by atomic mass is 32.2. The van der Waals surface area contributed by atoms with Gasteiger partial charge in [0.1, 0.15) is 5.75 Å². The Kier molecular flexibility index (Phi) is 8.41. The minimum Gasteiger partial charge on any atom is -0.508 e. The molecule has 1 aliphatic carbocycles. The Balaban J connectivity index is 0.000000603. The number of rotatable bonds is 4. The zero-order chi connectivity index (χ0) is 27.6. The number of alkyl halides is 3. The number of phenolic OH excluding ortho intramolecular Hbond substituents is 1. The lowest BCUT2D eigenvalue weighted by molar-refractivity contribution is -0.137. The van der Waals surface area contributed by atoms with Gasteiger partial charge in [-0.3, -0.25) is 0 Å². The maximum absolute atomic E-state index is 13.8. The predicted molar refractivity (Wildman–Crippen MR) is 122 cm³/mol. The lowest BCUT2D eigenvalue weighted by Crippen LogP contribution is -2.06. The second kappa shape index (κ2) is 11.4. The minimum absolute atomic E-state index is 0.301. The summed E-state index contributed by atoms with van der Waals surface area (Å²) in [6.07, 6.45) is -1.07. The fourth-order valence-corrected chi connectivity index (χ4v) is 4.88. The van der Waals surface area contributed by atoms with Gasteiger partial charge in [-0.25, -0.2) is 13.2 Å². The average Bonchev–Trinajstić information content (AvgIpc) is 3.59. The van der Waals surface area contributed by atoms with Crippen LogP contribution in [0.15, 0.2) is 41.3 Å². The molecule has 1 heterocycles. The van der Waals surface area contributed by atoms with Crippen LogP contribution in [-0.4, -0.2) is 18.3 Å². The van der Waals surface area contributed by atoms with Gasteiger partial charge in [0.05, 0.1) is 17.6 Å². The van der Waals surface area contributed by atoms with Crippen LogP contribution < -0.4 is 4.18 Å². The summed E-state index contributed by atoms with van der Waals surface area (Å²) >= 11 is 0.386. The Hall–Kier alpha value is -2.99. The van der Waals surface area contributed by atoms with Crippen LogP contribution >= 0.6 is 12.0 Å². The summed E-state index contributed by atoms with van der Waals surface area (Å²) in [7, 11) is 0. The highest BCUT2D eigenvalue weighted by Crippen LogP contribution is 2.44. The number of benzene rings is 3. The van der Waals surface area contributed by atoms with Crippen LogP contribution in [-0.2, 0) is 17.3 Å². The first kappa shape index (κ1) is 28.0. The van der Waals surface area contributed by atoms with Crippen molar-refractivity contribution in [2.24, 2.45) is 0 Å². The molecule has 1 unspecified atom stereocenters. The molecule has 3 nitrogen and oxygen atoms in total. The van der Waals surface area contributed by atoms with Gasteiger partial charge in [0.2, 0.25) is 34.8 Å². The molecule has 38 heavy (non-hydrogen) atoms. The summed E-state index contributed by atoms with van der Waals surface area (Å²) in [5.74, 6) is -13.0. The van der Waals surface area contributed by atoms with Crippen LogP contribution in [0.2, 0.25) is 0 Å². The molecule has 0 bridgehead atoms. The first-order valence-electron chi connectivity index (χ1n) is 11.5. The lowest BCUT2D eigenvalue weighted by atomic mass is 9.91. The fraction of sp³-hybridized carbons (Fsp3) is 0.308. The van der Waals surface area contributed by atoms with Gasteiger partial charge in [-0.1, -0.05) is 12.1 Å². The van der Waals surface area contributed by atoms with Crippen molar-refractivity contribution in [3.63, 3.8) is 0 Å². The van der Waals surface area contributed by atoms with Crippen molar-refractivity contribution in [3.05, 3.63) is 87.7 Å². The van der Waals surface area contributed by atoms with E-state index in [9.17, 15) is 40.2 Å². The summed E-state index contributed by atoms with van der Waals surface area (Å²) in [4.78, 5) is 0.301. The van der Waals surface area contributed by atoms with Crippen LogP contribution in [0.25, 0.3) is 0 Å². The molecule has 0 aromatic heterocycles. The van der Waals surface area contributed by atoms with E-state index in [2.05, 4.69) is 0 Å². The summed E-state index contributed by atoms with van der Waals surface area (Å²) in [6.45, 7) is 2.00. The molecule has 1 saturated heterocycles. The van der Waals surface area contributed by atoms with E-state index in [1.165, 1.54) is 25.0 Å². The Labute approximate surface area is 216 Å². The molecule has 1 atom stereocenters. The molecule has 12 heteroatoms. The van der Waals surface area contributed by atoms with Gasteiger partial charge in [-0.15, -0.1) is 0 Å². The molecule has 5 rings (SSSR count). The number of aromatic hydroxyl groups is 1. The van der Waals surface area contributed by atoms with Gasteiger partial charge >= 0.3 is 6.18 Å². The summed E-state index contributed by atoms with van der Waals surface area (Å²) in [5.41, 5.74) is 0.815. The molecule has 1 fully saturated rings. The van der Waals surface area contributed by atoms with E-state index in [0.717, 1.165) is 30.4 Å². The number of ether oxygens (including phenoxy) is 1. The third kappa shape index (κ3) is 5.85. The molecule has 3 aromatic rings. The maximum atomic E-state index is 13.8. The largest absolute Gasteiger partial charge is 0.508 e. The molecule has 3 aromatic carbocycles. The highest BCUT2D eigenvalue weighted by molar-refractivity contribution is 7.95. The average molecular weight is 564 g/mol. The van der Waals surface area contributed by atoms with E-state index < -0.39 is 52.3 Å². The van der Waals surface area contributed by atoms with Crippen molar-refractivity contribution in [2.75, 3.05) is 13.2 Å². The van der Waals surface area contributed by atoms with E-state index >= 15 is 0 Å². The number of phenols is 1. The first-order valence-corrected chi connectivity index (χ1v) is 12.2. The molecule has 0 radical (unpaired) electrons. The second-order valence-corrected chi connectivity index (χ2v) is 9.41. The minimum atomic E-state index is -4.59. The van der Waals surface area contributed by atoms with Crippen molar-refractivity contribution >= 4 is 12.0 Å². The van der Waals surface area contributed by atoms with Crippen LogP contribution in [0.3, 0.4) is 0 Å². The molecule has 2 aliphatic rings. The summed E-state index contributed by atoms with van der Waals surface area (Å²) in [5, 5.41) is 10.1. The summed E-state index contributed by atoms with van der Waals surface area (Å²) < 4.78 is 115. The van der Waals surface area contributed by atoms with Gasteiger partial charge in [0, 0.05) is 29.6 Å². The number of aryl methyl sites for hydroxylation is 1. The van der Waals surface area contributed by atoms with Crippen LogP contribution in [0.1, 0.15) is 47.4 Å². The van der Waals surface area contributed by atoms with Gasteiger partial charge in [-0.05, 0) is 61.1 Å². The van der Waals surface area contributed by atoms with E-state index in [1.807, 2.05) is 0 Å². The summed E-state index contributed by atoms with van der Waals surface area (Å²) in [6, 6.07) is 7.41. The topological polar surface area (TPSA) is 38.7 Å². The number of hydrogen-bond acceptors (Lipinski definition) is 4. The van der Waals surface area contributed by atoms with E-state index in [1.54, 1.807) is 12.1 Å². The number of fused-ring (bicyclic) bond motifs is 1. The molecule has 204 valence electrons. The van der Waals surface area contributed by atoms with Crippen molar-refractivity contribution < 1.29 is 49.1 Å². The molecular weight excluding hydrogens is 544 g/mol. The number of hydrogen-bond donors (Lipinski definition) is 1. The zero-order valence-electron chi connectivity index (χ0n) is 19.5. The molecular formula is C26H20F8O3S. The molecule has 0 spiro atoms. The standard InChI is InChI=1S/C22H12F8O2S.C4H8O/c23-16-17(24)19(26)21(20(27)18(16)25)32-33-11-3-6-12-9(7-11)1-4-13(12)14-5-2-10(8-15(14)31)22(28,29)30;1-2-4-5-3-1/h2-3,5-8,13,31H,1,4H2;1-4H2. The highest BCUT2D eigenvalue weighted by Gasteiger charge is 2.33. The fourth-order valence-electron chi connectivity index (χ4n) is 4.24. The maximum Gasteiger partial charge on any atom is 0.416 e. The van der Waals surface area contributed by atoms with Crippen LogP contribution in [0, 0.1) is 29.1 Å². The second-order valence-electron chi connectivity index (χ2n) is 8.61. The van der Waals surface area contributed by atoms with Gasteiger partial charge in [0.25, 0.3) is 0 Å². The van der Waals surface area contributed by atoms with Gasteiger partial charge in [0.15, 0.2) is 0 Å². The van der Waals surface area contributed by atoms with Gasteiger partial charge < -0.3 is 14.0 Å². The Morgan fingerprint density at radius 2 is 1.42 bits per heavy atom. The lowest BCUT2D eigenvalue weighted by Gasteiger charge is -2.16. The molecule has 0 saturated carbocycles. The third-order valence-electron chi connectivity index (χ3n) is 6.14. The molecule has 1 aliphatic heterocycles. The predicted octanol–water partition coefficient (Wildman–Crippen LogP) is 8.07. The van der Waals surface area contributed by atoms with Crippen LogP contribution in [0.5, 0.6) is 11.5 Å². The third-order valence-corrected chi connectivity index (χ3v) is 6.84. The Bertz CT molecular complexity index is 1290. The SMILES string of the molecule is C1CCOC1.Oc1cc(C(F)(F)F)ccc1C1CCc2cc(SOc3c(F)c(F)c(F)c(F)c3F)ccc21. The van der Waals surface area contributed by atoms with Crippen molar-refractivity contribution in [1.29, 1.82) is 0 Å². The first-order chi connectivity index (χ1) is 18.0. The van der Waals surface area contributed by atoms with Crippen molar-refractivity contribution in [2.45, 2.75) is 42.7 Å². The molecule has 0 amide bonds. The Morgan fingerprint density at radius 1 is 0.816 bits per heavy atom. The van der Waals surface area contributed by atoms with E-state index in [0.29, 0.717) is 41.4 Å². The van der Waals surface area contributed by atoms with Crippen LogP contribution in [0.4, 0.5) is 35.1 Å². The van der Waals surface area contributed by atoms with E-state index in [-0.39, 0.29) is 5.92 Å². The molecule has 1 N–H and O–H groups in total. The monoisotopic (exact) mass is 564 g/mol. The quantitative estimate of drug-likeness (QED) is 0.151. The van der Waals surface area contributed by atoms with Crippen molar-refractivity contribution in [3.8, 4) is 11.5 Å². The number of halogens is 8. The van der Waals surface area contributed by atoms with Gasteiger partial charge in [-0.2, -0.15) is 22.0 Å². The van der Waals surface area contributed by atoms with E-state index in [4.69, 9.17) is 8.92 Å².